The van der Waals surface area contributed by atoms with Crippen LogP contribution in [0.25, 0.3) is 16.9 Å². The zero-order valence-corrected chi connectivity index (χ0v) is 12.6. The van der Waals surface area contributed by atoms with Gasteiger partial charge in [-0.3, -0.25) is 10.1 Å². The molecule has 1 aromatic heterocycles. The van der Waals surface area contributed by atoms with E-state index in [1.165, 1.54) is 6.07 Å². The van der Waals surface area contributed by atoms with Gasteiger partial charge in [0, 0.05) is 6.07 Å². The van der Waals surface area contributed by atoms with Crippen LogP contribution in [-0.2, 0) is 0 Å². The number of nitro benzene ring substituents is 1. The fourth-order valence-corrected chi connectivity index (χ4v) is 2.26. The molecule has 116 valence electrons. The van der Waals surface area contributed by atoms with Crippen molar-refractivity contribution in [3.63, 3.8) is 0 Å². The van der Waals surface area contributed by atoms with Crippen molar-refractivity contribution in [2.45, 2.75) is 6.92 Å². The summed E-state index contributed by atoms with van der Waals surface area (Å²) in [5, 5.41) is 19.3. The number of aromatic nitrogens is 3. The standard InChI is InChI=1S/C16H14N4O3/c1-11-3-8-14(16(9-11)20(21)22)15-10-19(18-17-15)12-4-6-13(23-2)7-5-12/h3-10H,1-2H3. The molecular formula is C16H14N4O3. The van der Waals surface area contributed by atoms with E-state index in [4.69, 9.17) is 4.74 Å². The van der Waals surface area contributed by atoms with Gasteiger partial charge < -0.3 is 4.74 Å². The van der Waals surface area contributed by atoms with Crippen molar-refractivity contribution in [1.82, 2.24) is 15.0 Å². The topological polar surface area (TPSA) is 83.1 Å². The fourth-order valence-electron chi connectivity index (χ4n) is 2.26. The van der Waals surface area contributed by atoms with Gasteiger partial charge in [0.05, 0.1) is 29.5 Å². The number of hydrogen-bond donors (Lipinski definition) is 0. The third-order valence-electron chi connectivity index (χ3n) is 3.46. The summed E-state index contributed by atoms with van der Waals surface area (Å²) in [7, 11) is 1.60. The van der Waals surface area contributed by atoms with Gasteiger partial charge in [0.15, 0.2) is 0 Å². The van der Waals surface area contributed by atoms with Gasteiger partial charge in [-0.25, -0.2) is 4.68 Å². The van der Waals surface area contributed by atoms with Crippen molar-refractivity contribution in [1.29, 1.82) is 0 Å². The third-order valence-corrected chi connectivity index (χ3v) is 3.46. The molecule has 7 nitrogen and oxygen atoms in total. The van der Waals surface area contributed by atoms with Crippen molar-refractivity contribution >= 4 is 5.69 Å². The van der Waals surface area contributed by atoms with Crippen LogP contribution in [0.4, 0.5) is 5.69 Å². The smallest absolute Gasteiger partial charge is 0.279 e. The molecule has 2 aromatic carbocycles. The maximum atomic E-state index is 11.2. The summed E-state index contributed by atoms with van der Waals surface area (Å²) in [6.07, 6.45) is 1.67. The minimum Gasteiger partial charge on any atom is -0.497 e. The Morgan fingerprint density at radius 2 is 1.91 bits per heavy atom. The van der Waals surface area contributed by atoms with Crippen LogP contribution < -0.4 is 4.74 Å². The van der Waals surface area contributed by atoms with E-state index in [0.717, 1.165) is 17.0 Å². The Morgan fingerprint density at radius 3 is 2.57 bits per heavy atom. The maximum Gasteiger partial charge on any atom is 0.279 e. The summed E-state index contributed by atoms with van der Waals surface area (Å²) in [4.78, 5) is 10.8. The molecule has 7 heteroatoms. The number of hydrogen-bond acceptors (Lipinski definition) is 5. The number of aryl methyl sites for hydroxylation is 1. The molecule has 0 amide bonds. The molecule has 0 aliphatic rings. The second-order valence-electron chi connectivity index (χ2n) is 5.02. The Morgan fingerprint density at radius 1 is 1.17 bits per heavy atom. The van der Waals surface area contributed by atoms with E-state index < -0.39 is 4.92 Å². The van der Waals surface area contributed by atoms with Gasteiger partial charge in [0.25, 0.3) is 5.69 Å². The highest BCUT2D eigenvalue weighted by Crippen LogP contribution is 2.29. The van der Waals surface area contributed by atoms with E-state index in [1.807, 2.05) is 37.3 Å². The highest BCUT2D eigenvalue weighted by molar-refractivity contribution is 5.70. The van der Waals surface area contributed by atoms with Crippen molar-refractivity contribution in [3.05, 3.63) is 64.3 Å². The summed E-state index contributed by atoms with van der Waals surface area (Å²) in [5.41, 5.74) is 2.53. The SMILES string of the molecule is COc1ccc(-n2cc(-c3ccc(C)cc3[N+](=O)[O-])nn2)cc1. The van der Waals surface area contributed by atoms with E-state index in [-0.39, 0.29) is 5.69 Å². The molecule has 0 aliphatic carbocycles. The molecule has 0 saturated heterocycles. The van der Waals surface area contributed by atoms with E-state index in [0.29, 0.717) is 11.3 Å². The lowest BCUT2D eigenvalue weighted by Gasteiger charge is -2.02. The van der Waals surface area contributed by atoms with Gasteiger partial charge in [-0.05, 0) is 42.8 Å². The Kier molecular flexibility index (Phi) is 3.76. The third kappa shape index (κ3) is 2.89. The first-order valence-electron chi connectivity index (χ1n) is 6.90. The zero-order chi connectivity index (χ0) is 16.4. The van der Waals surface area contributed by atoms with E-state index >= 15 is 0 Å². The number of benzene rings is 2. The number of nitro groups is 1. The number of nitrogens with zero attached hydrogens (tertiary/aromatic N) is 4. The molecule has 0 bridgehead atoms. The minimum absolute atomic E-state index is 0.0202. The van der Waals surface area contributed by atoms with Gasteiger partial charge >= 0.3 is 0 Å². The summed E-state index contributed by atoms with van der Waals surface area (Å²) in [6, 6.07) is 12.3. The Balaban J connectivity index is 2.00. The second kappa shape index (κ2) is 5.88. The normalized spacial score (nSPS) is 10.5. The monoisotopic (exact) mass is 310 g/mol. The van der Waals surface area contributed by atoms with E-state index in [9.17, 15) is 10.1 Å². The molecule has 0 unspecified atom stereocenters. The minimum atomic E-state index is -0.408. The molecule has 0 saturated carbocycles. The van der Waals surface area contributed by atoms with Gasteiger partial charge in [0.2, 0.25) is 0 Å². The highest BCUT2D eigenvalue weighted by atomic mass is 16.6. The first kappa shape index (κ1) is 14.7. The van der Waals surface area contributed by atoms with E-state index in [1.54, 1.807) is 24.1 Å². The molecule has 23 heavy (non-hydrogen) atoms. The lowest BCUT2D eigenvalue weighted by molar-refractivity contribution is -0.384. The van der Waals surface area contributed by atoms with E-state index in [2.05, 4.69) is 10.3 Å². The Hall–Kier alpha value is -3.22. The van der Waals surface area contributed by atoms with Crippen molar-refractivity contribution in [2.75, 3.05) is 7.11 Å². The van der Waals surface area contributed by atoms with Gasteiger partial charge in [-0.2, -0.15) is 0 Å². The van der Waals surface area contributed by atoms with Crippen LogP contribution in [-0.4, -0.2) is 27.0 Å². The molecule has 1 heterocycles. The Bertz CT molecular complexity index is 856. The van der Waals surface area contributed by atoms with Crippen LogP contribution >= 0.6 is 0 Å². The average molecular weight is 310 g/mol. The van der Waals surface area contributed by atoms with Crippen molar-refractivity contribution in [2.24, 2.45) is 0 Å². The quantitative estimate of drug-likeness (QED) is 0.546. The molecule has 0 atom stereocenters. The maximum absolute atomic E-state index is 11.2. The average Bonchev–Trinajstić information content (AvgIpc) is 3.04. The van der Waals surface area contributed by atoms with Crippen LogP contribution in [0.1, 0.15) is 5.56 Å². The fraction of sp³-hybridized carbons (Fsp3) is 0.125. The van der Waals surface area contributed by atoms with Crippen molar-refractivity contribution in [3.8, 4) is 22.7 Å². The number of ether oxygens (including phenoxy) is 1. The first-order valence-corrected chi connectivity index (χ1v) is 6.90. The predicted octanol–water partition coefficient (Wildman–Crippen LogP) is 3.16. The highest BCUT2D eigenvalue weighted by Gasteiger charge is 2.18. The molecule has 0 radical (unpaired) electrons. The largest absolute Gasteiger partial charge is 0.497 e. The van der Waals surface area contributed by atoms with Crippen LogP contribution in [0.2, 0.25) is 0 Å². The lowest BCUT2D eigenvalue weighted by atomic mass is 10.1. The van der Waals surface area contributed by atoms with Crippen LogP contribution in [0, 0.1) is 17.0 Å². The zero-order valence-electron chi connectivity index (χ0n) is 12.6. The second-order valence-corrected chi connectivity index (χ2v) is 5.02. The molecule has 0 aliphatic heterocycles. The van der Waals surface area contributed by atoms with Crippen LogP contribution in [0.3, 0.4) is 0 Å². The molecule has 0 spiro atoms. The lowest BCUT2D eigenvalue weighted by Crippen LogP contribution is -1.94. The molecule has 0 fully saturated rings. The number of rotatable bonds is 4. The summed E-state index contributed by atoms with van der Waals surface area (Å²) >= 11 is 0. The molecule has 3 rings (SSSR count). The van der Waals surface area contributed by atoms with Crippen LogP contribution in [0.5, 0.6) is 5.75 Å². The van der Waals surface area contributed by atoms with Crippen LogP contribution in [0.15, 0.2) is 48.7 Å². The Labute approximate surface area is 132 Å². The first-order chi connectivity index (χ1) is 11.1. The van der Waals surface area contributed by atoms with Crippen molar-refractivity contribution < 1.29 is 9.66 Å². The summed E-state index contributed by atoms with van der Waals surface area (Å²) in [5.74, 6) is 0.739. The summed E-state index contributed by atoms with van der Waals surface area (Å²) in [6.45, 7) is 1.81. The molecule has 0 N–H and O–H groups in total. The van der Waals surface area contributed by atoms with Gasteiger partial charge in [-0.1, -0.05) is 11.3 Å². The summed E-state index contributed by atoms with van der Waals surface area (Å²) < 4.78 is 6.68. The predicted molar refractivity (Wildman–Crippen MR) is 84.7 cm³/mol. The van der Waals surface area contributed by atoms with Gasteiger partial charge in [-0.15, -0.1) is 5.10 Å². The molecular weight excluding hydrogens is 296 g/mol. The number of methoxy groups -OCH3 is 1. The molecule has 3 aromatic rings. The van der Waals surface area contributed by atoms with Gasteiger partial charge in [0.1, 0.15) is 11.4 Å².